The summed E-state index contributed by atoms with van der Waals surface area (Å²) in [5.41, 5.74) is 5.34. The average Bonchev–Trinajstić information content (AvgIpc) is 2.72. The minimum Gasteiger partial charge on any atom is -0.352 e. The van der Waals surface area contributed by atoms with E-state index in [-0.39, 0.29) is 0 Å². The second-order valence-corrected chi connectivity index (χ2v) is 9.19. The van der Waals surface area contributed by atoms with Crippen LogP contribution < -0.4 is 16.4 Å². The van der Waals surface area contributed by atoms with Gasteiger partial charge in [0.15, 0.2) is 0 Å². The summed E-state index contributed by atoms with van der Waals surface area (Å²) in [6.07, 6.45) is 1.91. The summed E-state index contributed by atoms with van der Waals surface area (Å²) in [5, 5.41) is 61.0. The first kappa shape index (κ1) is 31.8. The molecule has 0 atom stereocenters. The van der Waals surface area contributed by atoms with Gasteiger partial charge in [-0.2, -0.15) is 13.9 Å². The summed E-state index contributed by atoms with van der Waals surface area (Å²) in [6, 6.07) is 0. The lowest BCUT2D eigenvalue weighted by molar-refractivity contribution is -0.294. The largest absolute Gasteiger partial charge is 0.525 e. The topological polar surface area (TPSA) is 202 Å². The van der Waals surface area contributed by atoms with E-state index < -0.39 is 43.3 Å². The molecule has 9 N–H and O–H groups in total. The third kappa shape index (κ3) is 9.55. The fourth-order valence-electron chi connectivity index (χ4n) is 3.25. The van der Waals surface area contributed by atoms with Crippen LogP contribution in [0.15, 0.2) is 0 Å². The lowest BCUT2D eigenvalue weighted by Crippen LogP contribution is -2.54. The van der Waals surface area contributed by atoms with Crippen molar-refractivity contribution in [3.05, 3.63) is 0 Å². The molecular formula is C18H42N3O10P. The highest BCUT2D eigenvalue weighted by molar-refractivity contribution is 7.48. The van der Waals surface area contributed by atoms with E-state index in [2.05, 4.69) is 0 Å². The van der Waals surface area contributed by atoms with Crippen LogP contribution in [0.5, 0.6) is 0 Å². The van der Waals surface area contributed by atoms with Crippen LogP contribution >= 0.6 is 7.82 Å². The zero-order valence-electron chi connectivity index (χ0n) is 19.7. The minimum atomic E-state index is -4.98. The van der Waals surface area contributed by atoms with Crippen molar-refractivity contribution in [1.82, 2.24) is 16.4 Å². The third-order valence-corrected chi connectivity index (χ3v) is 6.53. The van der Waals surface area contributed by atoms with E-state index >= 15 is 0 Å². The molecule has 0 aliphatic rings. The smallest absolute Gasteiger partial charge is 0.352 e. The van der Waals surface area contributed by atoms with Gasteiger partial charge in [-0.25, -0.2) is 4.57 Å². The van der Waals surface area contributed by atoms with E-state index in [1.54, 1.807) is 58.0 Å². The second-order valence-electron chi connectivity index (χ2n) is 7.75. The molecule has 0 rings (SSSR count). The highest BCUT2D eigenvalue weighted by Crippen LogP contribution is 2.48. The summed E-state index contributed by atoms with van der Waals surface area (Å²) < 4.78 is 27.3. The van der Waals surface area contributed by atoms with Crippen molar-refractivity contribution in [1.29, 1.82) is 0 Å². The fraction of sp³-hybridized carbons (Fsp3) is 1.00. The predicted octanol–water partition coefficient (Wildman–Crippen LogP) is 0.882. The monoisotopic (exact) mass is 491 g/mol. The maximum atomic E-state index is 13.0. The van der Waals surface area contributed by atoms with E-state index in [1.807, 2.05) is 0 Å². The molecule has 32 heavy (non-hydrogen) atoms. The second kappa shape index (κ2) is 13.6. The quantitative estimate of drug-likeness (QED) is 0.0743. The Hall–Kier alpha value is -0.250. The number of rotatable bonds is 18. The van der Waals surface area contributed by atoms with Crippen molar-refractivity contribution in [2.75, 3.05) is 0 Å². The Morgan fingerprint density at radius 2 is 0.750 bits per heavy atom. The molecule has 0 aromatic carbocycles. The molecule has 14 heteroatoms. The zero-order chi connectivity index (χ0) is 25.2. The van der Waals surface area contributed by atoms with Gasteiger partial charge in [0.05, 0.1) is 0 Å². The van der Waals surface area contributed by atoms with Gasteiger partial charge in [0.1, 0.15) is 0 Å². The number of aliphatic hydroxyl groups is 6. The molecule has 0 aromatic heterocycles. The van der Waals surface area contributed by atoms with Crippen LogP contribution in [0.2, 0.25) is 0 Å². The maximum absolute atomic E-state index is 13.0. The van der Waals surface area contributed by atoms with Gasteiger partial charge in [-0.1, -0.05) is 41.5 Å². The van der Waals surface area contributed by atoms with E-state index in [0.29, 0.717) is 38.5 Å². The Labute approximate surface area is 189 Å². The summed E-state index contributed by atoms with van der Waals surface area (Å²) in [7, 11) is -4.98. The molecule has 0 heterocycles. The highest BCUT2D eigenvalue weighted by Gasteiger charge is 2.43. The Morgan fingerprint density at radius 1 is 0.562 bits per heavy atom. The molecule has 13 nitrogen and oxygen atoms in total. The van der Waals surface area contributed by atoms with Crippen LogP contribution in [0, 0.1) is 17.8 Å². The standard InChI is InChI=1S/C18H42N3O10P/c1-7-13(8-2)16(22,23)19-29-32(28,30-20-17(24,25)14(9-3)10-4)31-21-18(26,27)15(11-5)12-6/h13-15,19-27H,7-12H2,1-6H3. The van der Waals surface area contributed by atoms with Gasteiger partial charge in [0.2, 0.25) is 17.7 Å². The SMILES string of the molecule is CCC(CC)C(O)(O)NOP(=O)(ONC(O)(O)C(CC)CC)ONC(O)(O)C(CC)CC. The van der Waals surface area contributed by atoms with Gasteiger partial charge in [-0.05, 0) is 38.5 Å². The van der Waals surface area contributed by atoms with Crippen LogP contribution in [-0.2, 0) is 18.4 Å². The van der Waals surface area contributed by atoms with Crippen LogP contribution in [0.25, 0.3) is 0 Å². The summed E-state index contributed by atoms with van der Waals surface area (Å²) in [4.78, 5) is 0. The zero-order valence-corrected chi connectivity index (χ0v) is 20.6. The molecule has 0 aromatic rings. The first-order chi connectivity index (χ1) is 14.7. The molecule has 0 fully saturated rings. The first-order valence-electron chi connectivity index (χ1n) is 11.0. The van der Waals surface area contributed by atoms with Crippen molar-refractivity contribution in [2.45, 2.75) is 97.8 Å². The molecule has 0 saturated carbocycles. The first-order valence-corrected chi connectivity index (χ1v) is 12.5. The van der Waals surface area contributed by atoms with Gasteiger partial charge in [-0.15, -0.1) is 16.4 Å². The van der Waals surface area contributed by atoms with Gasteiger partial charge >= 0.3 is 7.82 Å². The lowest BCUT2D eigenvalue weighted by Gasteiger charge is -2.34. The molecule has 194 valence electrons. The lowest BCUT2D eigenvalue weighted by atomic mass is 10.00. The number of hydrogen-bond acceptors (Lipinski definition) is 13. The van der Waals surface area contributed by atoms with Gasteiger partial charge in [-0.3, -0.25) is 0 Å². The van der Waals surface area contributed by atoms with Crippen LogP contribution in [0.3, 0.4) is 0 Å². The number of nitrogens with one attached hydrogen (secondary N) is 3. The van der Waals surface area contributed by atoms with Crippen molar-refractivity contribution >= 4 is 7.82 Å². The fourth-order valence-corrected chi connectivity index (χ4v) is 4.10. The molecule has 0 spiro atoms. The van der Waals surface area contributed by atoms with Gasteiger partial charge in [0, 0.05) is 17.8 Å². The molecule has 0 aliphatic heterocycles. The normalized spacial score (nSPS) is 14.2. The number of hydroxylamine groups is 3. The van der Waals surface area contributed by atoms with Crippen LogP contribution in [-0.4, -0.2) is 48.4 Å². The highest BCUT2D eigenvalue weighted by atomic mass is 31.2. The molecule has 0 amide bonds. The van der Waals surface area contributed by atoms with Crippen LogP contribution in [0.1, 0.15) is 80.1 Å². The van der Waals surface area contributed by atoms with Crippen molar-refractivity contribution in [2.24, 2.45) is 17.8 Å². The van der Waals surface area contributed by atoms with Gasteiger partial charge < -0.3 is 30.6 Å². The van der Waals surface area contributed by atoms with E-state index in [4.69, 9.17) is 13.9 Å². The Kier molecular flexibility index (Phi) is 13.5. The molecule has 0 aliphatic carbocycles. The van der Waals surface area contributed by atoms with E-state index in [9.17, 15) is 35.2 Å². The van der Waals surface area contributed by atoms with Crippen LogP contribution in [0.4, 0.5) is 0 Å². The van der Waals surface area contributed by atoms with Crippen molar-refractivity contribution in [3.8, 4) is 0 Å². The third-order valence-electron chi connectivity index (χ3n) is 5.59. The number of hydrogen-bond donors (Lipinski definition) is 9. The molecule has 0 unspecified atom stereocenters. The Balaban J connectivity index is 5.60. The molecule has 0 bridgehead atoms. The van der Waals surface area contributed by atoms with E-state index in [1.165, 1.54) is 0 Å². The summed E-state index contributed by atoms with van der Waals surface area (Å²) in [5.74, 6) is -10.2. The van der Waals surface area contributed by atoms with Crippen molar-refractivity contribution < 1.29 is 49.1 Å². The van der Waals surface area contributed by atoms with E-state index in [0.717, 1.165) is 0 Å². The Bertz CT molecular complexity index is 491. The minimum absolute atomic E-state index is 0.318. The summed E-state index contributed by atoms with van der Waals surface area (Å²) in [6.45, 7) is 10.1. The molecule has 0 saturated heterocycles. The average molecular weight is 492 g/mol. The predicted molar refractivity (Wildman–Crippen MR) is 114 cm³/mol. The molecule has 0 radical (unpaired) electrons. The maximum Gasteiger partial charge on any atom is 0.525 e. The van der Waals surface area contributed by atoms with Crippen molar-refractivity contribution in [3.63, 3.8) is 0 Å². The van der Waals surface area contributed by atoms with Gasteiger partial charge in [0.25, 0.3) is 0 Å². The number of phosphoric acid groups is 1. The summed E-state index contributed by atoms with van der Waals surface area (Å²) >= 11 is 0. The molecular weight excluding hydrogens is 449 g/mol. The Morgan fingerprint density at radius 3 is 0.906 bits per heavy atom.